The highest BCUT2D eigenvalue weighted by atomic mass is 16.7. The smallest absolute Gasteiger partial charge is 0.398 e. The Kier molecular flexibility index (Phi) is 3.07. The second kappa shape index (κ2) is 4.34. The van der Waals surface area contributed by atoms with Gasteiger partial charge in [-0.3, -0.25) is 0 Å². The van der Waals surface area contributed by atoms with Crippen molar-refractivity contribution in [3.63, 3.8) is 0 Å². The number of hydrogen-bond acceptors (Lipinski definition) is 3. The highest BCUT2D eigenvalue weighted by Gasteiger charge is 2.53. The molecule has 2 aliphatic rings. The summed E-state index contributed by atoms with van der Waals surface area (Å²) < 4.78 is 14.5. The van der Waals surface area contributed by atoms with Crippen LogP contribution in [0.25, 0.3) is 0 Å². The van der Waals surface area contributed by atoms with Crippen LogP contribution in [0.5, 0.6) is 0 Å². The first-order valence-corrected chi connectivity index (χ1v) is 7.65. The zero-order valence-corrected chi connectivity index (χ0v) is 13.4. The fourth-order valence-electron chi connectivity index (χ4n) is 2.58. The summed E-state index contributed by atoms with van der Waals surface area (Å²) >= 11 is 0. The maximum Gasteiger partial charge on any atom is 0.516 e. The Hall–Kier alpha value is -0.805. The van der Waals surface area contributed by atoms with Crippen molar-refractivity contribution in [2.45, 2.75) is 77.5 Å². The molecule has 2 fully saturated rings. The molecule has 0 bridgehead atoms. The standard InChI is InChI=1S/C15H25BN2O2/c1-10(2)13-17-12(9-18(13)11-7-8-11)16-19-14(3,4)15(5,6)20-16/h9-11H,7-8H2,1-6H3. The molecule has 3 rings (SSSR count). The molecule has 1 aliphatic carbocycles. The highest BCUT2D eigenvalue weighted by Crippen LogP contribution is 2.38. The molecule has 0 amide bonds. The van der Waals surface area contributed by atoms with Gasteiger partial charge in [0.05, 0.1) is 16.8 Å². The van der Waals surface area contributed by atoms with E-state index >= 15 is 0 Å². The summed E-state index contributed by atoms with van der Waals surface area (Å²) in [4.78, 5) is 4.80. The van der Waals surface area contributed by atoms with Crippen LogP contribution < -0.4 is 5.59 Å². The molecule has 0 spiro atoms. The van der Waals surface area contributed by atoms with Crippen LogP contribution in [0.1, 0.15) is 72.2 Å². The van der Waals surface area contributed by atoms with Crippen LogP contribution in [-0.4, -0.2) is 27.9 Å². The van der Waals surface area contributed by atoms with Crippen molar-refractivity contribution >= 4 is 12.7 Å². The molecule has 2 heterocycles. The van der Waals surface area contributed by atoms with Crippen molar-refractivity contribution in [1.82, 2.24) is 9.55 Å². The van der Waals surface area contributed by atoms with Gasteiger partial charge in [0.25, 0.3) is 0 Å². The predicted octanol–water partition coefficient (Wildman–Crippen LogP) is 2.64. The minimum atomic E-state index is -0.350. The molecular formula is C15H25BN2O2. The first kappa shape index (κ1) is 14.1. The van der Waals surface area contributed by atoms with E-state index in [4.69, 9.17) is 14.3 Å². The van der Waals surface area contributed by atoms with Gasteiger partial charge in [0.2, 0.25) is 0 Å². The second-order valence-electron chi connectivity index (χ2n) is 7.41. The third kappa shape index (κ3) is 2.21. The van der Waals surface area contributed by atoms with E-state index in [2.05, 4.69) is 52.3 Å². The topological polar surface area (TPSA) is 36.3 Å². The first-order chi connectivity index (χ1) is 9.21. The van der Waals surface area contributed by atoms with Crippen LogP contribution in [0.4, 0.5) is 0 Å². The second-order valence-corrected chi connectivity index (χ2v) is 7.41. The molecule has 1 aromatic rings. The molecular weight excluding hydrogens is 251 g/mol. The van der Waals surface area contributed by atoms with Gasteiger partial charge >= 0.3 is 7.12 Å². The molecule has 110 valence electrons. The minimum absolute atomic E-state index is 0.307. The molecule has 0 atom stereocenters. The maximum absolute atomic E-state index is 6.10. The van der Waals surface area contributed by atoms with Crippen molar-refractivity contribution in [3.8, 4) is 0 Å². The molecule has 1 aliphatic heterocycles. The lowest BCUT2D eigenvalue weighted by Crippen LogP contribution is -2.41. The summed E-state index contributed by atoms with van der Waals surface area (Å²) in [6, 6.07) is 0.635. The van der Waals surface area contributed by atoms with Gasteiger partial charge in [0, 0.05) is 18.2 Å². The van der Waals surface area contributed by atoms with Gasteiger partial charge in [-0.05, 0) is 40.5 Å². The Morgan fingerprint density at radius 2 is 1.75 bits per heavy atom. The van der Waals surface area contributed by atoms with E-state index in [9.17, 15) is 0 Å². The fraction of sp³-hybridized carbons (Fsp3) is 0.800. The average Bonchev–Trinajstić information content (AvgIpc) is 3.00. The SMILES string of the molecule is CC(C)c1nc(B2OC(C)(C)C(C)(C)O2)cn1C1CC1. The van der Waals surface area contributed by atoms with E-state index in [1.807, 2.05) is 0 Å². The van der Waals surface area contributed by atoms with Crippen molar-refractivity contribution in [2.75, 3.05) is 0 Å². The van der Waals surface area contributed by atoms with Gasteiger partial charge in [-0.1, -0.05) is 13.8 Å². The molecule has 1 aromatic heterocycles. The molecule has 0 N–H and O–H groups in total. The Balaban J connectivity index is 1.90. The first-order valence-electron chi connectivity index (χ1n) is 7.65. The van der Waals surface area contributed by atoms with Crippen LogP contribution in [0.2, 0.25) is 0 Å². The summed E-state index contributed by atoms with van der Waals surface area (Å²) in [6.07, 6.45) is 4.66. The van der Waals surface area contributed by atoms with Gasteiger partial charge in [-0.2, -0.15) is 0 Å². The van der Waals surface area contributed by atoms with Crippen LogP contribution in [0.15, 0.2) is 6.20 Å². The van der Waals surface area contributed by atoms with Gasteiger partial charge in [-0.15, -0.1) is 0 Å². The van der Waals surface area contributed by atoms with Gasteiger partial charge in [0.15, 0.2) is 0 Å². The largest absolute Gasteiger partial charge is 0.516 e. The third-order valence-corrected chi connectivity index (χ3v) is 4.73. The number of hydrogen-bond donors (Lipinski definition) is 0. The van der Waals surface area contributed by atoms with Crippen LogP contribution in [0, 0.1) is 0 Å². The lowest BCUT2D eigenvalue weighted by molar-refractivity contribution is 0.00578. The van der Waals surface area contributed by atoms with Crippen molar-refractivity contribution in [2.24, 2.45) is 0 Å². The Labute approximate surface area is 122 Å². The molecule has 20 heavy (non-hydrogen) atoms. The summed E-state index contributed by atoms with van der Waals surface area (Å²) in [5.41, 5.74) is 0.303. The number of rotatable bonds is 3. The Bertz CT molecular complexity index is 482. The predicted molar refractivity (Wildman–Crippen MR) is 80.3 cm³/mol. The van der Waals surface area contributed by atoms with Gasteiger partial charge in [-0.25, -0.2) is 4.98 Å². The molecule has 4 nitrogen and oxygen atoms in total. The number of nitrogens with zero attached hydrogens (tertiary/aromatic N) is 2. The monoisotopic (exact) mass is 276 g/mol. The van der Waals surface area contributed by atoms with E-state index in [0.29, 0.717) is 12.0 Å². The van der Waals surface area contributed by atoms with Crippen molar-refractivity contribution < 1.29 is 9.31 Å². The summed E-state index contributed by atoms with van der Waals surface area (Å²) in [6.45, 7) is 12.7. The van der Waals surface area contributed by atoms with Crippen molar-refractivity contribution in [1.29, 1.82) is 0 Å². The quantitative estimate of drug-likeness (QED) is 0.796. The van der Waals surface area contributed by atoms with Crippen LogP contribution >= 0.6 is 0 Å². The Morgan fingerprint density at radius 1 is 1.20 bits per heavy atom. The number of imidazole rings is 1. The molecule has 0 radical (unpaired) electrons. The molecule has 1 saturated heterocycles. The molecule has 0 unspecified atom stereocenters. The third-order valence-electron chi connectivity index (χ3n) is 4.73. The van der Waals surface area contributed by atoms with E-state index in [1.165, 1.54) is 12.8 Å². The summed E-state index contributed by atoms with van der Waals surface area (Å²) in [5, 5.41) is 0. The van der Waals surface area contributed by atoms with Crippen molar-refractivity contribution in [3.05, 3.63) is 12.0 Å². The molecule has 0 aromatic carbocycles. The average molecular weight is 276 g/mol. The minimum Gasteiger partial charge on any atom is -0.398 e. The van der Waals surface area contributed by atoms with E-state index in [0.717, 1.165) is 11.4 Å². The number of aromatic nitrogens is 2. The normalized spacial score (nSPS) is 24.6. The maximum atomic E-state index is 6.10. The zero-order valence-electron chi connectivity index (χ0n) is 13.4. The zero-order chi connectivity index (χ0) is 14.7. The molecule has 5 heteroatoms. The highest BCUT2D eigenvalue weighted by molar-refractivity contribution is 6.61. The lowest BCUT2D eigenvalue weighted by Gasteiger charge is -2.32. The van der Waals surface area contributed by atoms with E-state index in [1.54, 1.807) is 0 Å². The van der Waals surface area contributed by atoms with Gasteiger partial charge in [0.1, 0.15) is 5.82 Å². The van der Waals surface area contributed by atoms with E-state index < -0.39 is 0 Å². The van der Waals surface area contributed by atoms with E-state index in [-0.39, 0.29) is 18.3 Å². The van der Waals surface area contributed by atoms with Gasteiger partial charge < -0.3 is 13.9 Å². The molecule has 1 saturated carbocycles. The van der Waals surface area contributed by atoms with Crippen LogP contribution in [-0.2, 0) is 9.31 Å². The summed E-state index contributed by atoms with van der Waals surface area (Å²) in [5.74, 6) is 1.57. The Morgan fingerprint density at radius 3 is 2.20 bits per heavy atom. The fourth-order valence-corrected chi connectivity index (χ4v) is 2.58. The van der Waals surface area contributed by atoms with Crippen LogP contribution in [0.3, 0.4) is 0 Å². The summed E-state index contributed by atoms with van der Waals surface area (Å²) in [7, 11) is -0.350. The lowest BCUT2D eigenvalue weighted by atomic mass is 9.86.